The summed E-state index contributed by atoms with van der Waals surface area (Å²) >= 11 is 6.27. The van der Waals surface area contributed by atoms with Crippen LogP contribution in [0.3, 0.4) is 0 Å². The first-order valence-corrected chi connectivity index (χ1v) is 8.89. The van der Waals surface area contributed by atoms with Gasteiger partial charge in [-0.3, -0.25) is 4.79 Å². The van der Waals surface area contributed by atoms with Crippen molar-refractivity contribution in [2.45, 2.75) is 20.0 Å². The van der Waals surface area contributed by atoms with Crippen molar-refractivity contribution in [2.24, 2.45) is 0 Å². The number of aromatic nitrogens is 1. The molecule has 0 amide bonds. The van der Waals surface area contributed by atoms with Crippen LogP contribution in [0.15, 0.2) is 60.7 Å². The van der Waals surface area contributed by atoms with Gasteiger partial charge in [0.25, 0.3) is 0 Å². The molecule has 4 aromatic rings. The molecule has 3 nitrogen and oxygen atoms in total. The van der Waals surface area contributed by atoms with Crippen LogP contribution in [0, 0.1) is 6.92 Å². The third-order valence-electron chi connectivity index (χ3n) is 4.64. The van der Waals surface area contributed by atoms with Crippen LogP contribution in [-0.2, 0) is 0 Å². The molecule has 0 spiro atoms. The van der Waals surface area contributed by atoms with Gasteiger partial charge in [0.1, 0.15) is 5.75 Å². The zero-order valence-electron chi connectivity index (χ0n) is 14.5. The van der Waals surface area contributed by atoms with Gasteiger partial charge in [0.05, 0.1) is 0 Å². The molecule has 0 bridgehead atoms. The lowest BCUT2D eigenvalue weighted by atomic mass is 10.0. The monoisotopic (exact) mass is 363 g/mol. The number of halogens is 1. The minimum atomic E-state index is -0.613. The molecule has 0 aliphatic heterocycles. The number of carbonyl (C=O) groups is 1. The fraction of sp³-hybridized carbons (Fsp3) is 0.136. The van der Waals surface area contributed by atoms with Gasteiger partial charge in [-0.25, -0.2) is 0 Å². The lowest BCUT2D eigenvalue weighted by Crippen LogP contribution is -2.24. The molecule has 0 aliphatic carbocycles. The van der Waals surface area contributed by atoms with E-state index in [0.29, 0.717) is 16.3 Å². The van der Waals surface area contributed by atoms with Crippen LogP contribution in [0.2, 0.25) is 5.02 Å². The maximum Gasteiger partial charge on any atom is 0.205 e. The van der Waals surface area contributed by atoms with Crippen LogP contribution in [0.1, 0.15) is 23.0 Å². The Bertz CT molecular complexity index is 1130. The lowest BCUT2D eigenvalue weighted by molar-refractivity contribution is 0.0821. The SMILES string of the molecule is Cc1[nH]c2ccccc2c1C(=O)[C@H](C)Oc1ccc(Cl)c2ccccc12. The predicted molar refractivity (Wildman–Crippen MR) is 106 cm³/mol. The number of ether oxygens (including phenoxy) is 1. The van der Waals surface area contributed by atoms with Gasteiger partial charge < -0.3 is 9.72 Å². The van der Waals surface area contributed by atoms with E-state index in [4.69, 9.17) is 16.3 Å². The van der Waals surface area contributed by atoms with Crippen molar-refractivity contribution in [2.75, 3.05) is 0 Å². The van der Waals surface area contributed by atoms with Crippen molar-refractivity contribution >= 4 is 39.1 Å². The first-order valence-electron chi connectivity index (χ1n) is 8.51. The lowest BCUT2D eigenvalue weighted by Gasteiger charge is -2.16. The summed E-state index contributed by atoms with van der Waals surface area (Å²) < 4.78 is 6.05. The number of benzene rings is 3. The molecule has 1 N–H and O–H groups in total. The van der Waals surface area contributed by atoms with Crippen molar-refractivity contribution in [3.8, 4) is 5.75 Å². The van der Waals surface area contributed by atoms with E-state index in [1.54, 1.807) is 13.0 Å². The number of hydrogen-bond donors (Lipinski definition) is 1. The number of nitrogens with one attached hydrogen (secondary N) is 1. The topological polar surface area (TPSA) is 42.1 Å². The third kappa shape index (κ3) is 2.74. The maximum atomic E-state index is 13.1. The van der Waals surface area contributed by atoms with Gasteiger partial charge >= 0.3 is 0 Å². The number of rotatable bonds is 4. The highest BCUT2D eigenvalue weighted by molar-refractivity contribution is 6.35. The minimum absolute atomic E-state index is 0.0426. The fourth-order valence-electron chi connectivity index (χ4n) is 3.38. The van der Waals surface area contributed by atoms with Crippen molar-refractivity contribution in [3.05, 3.63) is 76.9 Å². The zero-order chi connectivity index (χ0) is 18.3. The molecule has 0 saturated carbocycles. The highest BCUT2D eigenvalue weighted by Gasteiger charge is 2.23. The van der Waals surface area contributed by atoms with E-state index < -0.39 is 6.10 Å². The van der Waals surface area contributed by atoms with Gasteiger partial charge in [0.2, 0.25) is 5.78 Å². The number of hydrogen-bond acceptors (Lipinski definition) is 2. The average molecular weight is 364 g/mol. The van der Waals surface area contributed by atoms with E-state index in [9.17, 15) is 4.79 Å². The Balaban J connectivity index is 1.70. The number of aromatic amines is 1. The second-order valence-electron chi connectivity index (χ2n) is 6.39. The Morgan fingerprint density at radius 3 is 2.38 bits per heavy atom. The minimum Gasteiger partial charge on any atom is -0.482 e. The Morgan fingerprint density at radius 2 is 1.62 bits per heavy atom. The highest BCUT2D eigenvalue weighted by atomic mass is 35.5. The quantitative estimate of drug-likeness (QED) is 0.456. The molecule has 26 heavy (non-hydrogen) atoms. The number of fused-ring (bicyclic) bond motifs is 2. The molecular weight excluding hydrogens is 346 g/mol. The molecule has 1 aromatic heterocycles. The number of aryl methyl sites for hydroxylation is 1. The van der Waals surface area contributed by atoms with Gasteiger partial charge in [-0.05, 0) is 32.0 Å². The van der Waals surface area contributed by atoms with Gasteiger partial charge in [-0.2, -0.15) is 0 Å². The van der Waals surface area contributed by atoms with Gasteiger partial charge in [-0.1, -0.05) is 54.1 Å². The number of H-pyrrole nitrogens is 1. The summed E-state index contributed by atoms with van der Waals surface area (Å²) in [6, 6.07) is 19.2. The van der Waals surface area contributed by atoms with Crippen molar-refractivity contribution in [1.82, 2.24) is 4.98 Å². The molecule has 0 radical (unpaired) electrons. The van der Waals surface area contributed by atoms with E-state index in [0.717, 1.165) is 27.4 Å². The fourth-order valence-corrected chi connectivity index (χ4v) is 3.61. The van der Waals surface area contributed by atoms with E-state index in [-0.39, 0.29) is 5.78 Å². The molecule has 3 aromatic carbocycles. The molecule has 0 aliphatic rings. The van der Waals surface area contributed by atoms with Crippen LogP contribution in [0.5, 0.6) is 5.75 Å². The molecule has 1 heterocycles. The van der Waals surface area contributed by atoms with Crippen LogP contribution in [0.25, 0.3) is 21.7 Å². The first-order chi connectivity index (χ1) is 12.6. The predicted octanol–water partition coefficient (Wildman–Crippen LogP) is 5.93. The van der Waals surface area contributed by atoms with Crippen molar-refractivity contribution < 1.29 is 9.53 Å². The van der Waals surface area contributed by atoms with Crippen LogP contribution < -0.4 is 4.74 Å². The number of ketones is 1. The third-order valence-corrected chi connectivity index (χ3v) is 4.97. The molecule has 130 valence electrons. The van der Waals surface area contributed by atoms with Crippen LogP contribution in [-0.4, -0.2) is 16.9 Å². The largest absolute Gasteiger partial charge is 0.482 e. The molecular formula is C22H18ClNO2. The summed E-state index contributed by atoms with van der Waals surface area (Å²) in [5.41, 5.74) is 2.50. The highest BCUT2D eigenvalue weighted by Crippen LogP contribution is 2.32. The number of para-hydroxylation sites is 1. The summed E-state index contributed by atoms with van der Waals surface area (Å²) in [4.78, 5) is 16.3. The summed E-state index contributed by atoms with van der Waals surface area (Å²) in [6.07, 6.45) is -0.613. The Labute approximate surface area is 156 Å². The molecule has 1 atom stereocenters. The molecule has 0 fully saturated rings. The van der Waals surface area contributed by atoms with Crippen LogP contribution in [0.4, 0.5) is 0 Å². The second kappa shape index (κ2) is 6.50. The van der Waals surface area contributed by atoms with Gasteiger partial charge in [-0.15, -0.1) is 0 Å². The Hall–Kier alpha value is -2.78. The van der Waals surface area contributed by atoms with E-state index in [1.165, 1.54) is 0 Å². The van der Waals surface area contributed by atoms with Gasteiger partial charge in [0.15, 0.2) is 6.10 Å². The summed E-state index contributed by atoms with van der Waals surface area (Å²) in [5, 5.41) is 3.40. The van der Waals surface area contributed by atoms with E-state index in [2.05, 4.69) is 4.98 Å². The van der Waals surface area contributed by atoms with Crippen molar-refractivity contribution in [3.63, 3.8) is 0 Å². The zero-order valence-corrected chi connectivity index (χ0v) is 15.3. The standard InChI is InChI=1S/C22H18ClNO2/c1-13-21(17-9-5-6-10-19(17)24-13)22(25)14(2)26-20-12-11-18(23)15-7-3-4-8-16(15)20/h3-12,14,24H,1-2H3/t14-/m0/s1. The summed E-state index contributed by atoms with van der Waals surface area (Å²) in [6.45, 7) is 3.70. The summed E-state index contributed by atoms with van der Waals surface area (Å²) in [5.74, 6) is 0.613. The average Bonchev–Trinajstić information content (AvgIpc) is 2.99. The maximum absolute atomic E-state index is 13.1. The van der Waals surface area contributed by atoms with Crippen LogP contribution >= 0.6 is 11.6 Å². The molecule has 4 rings (SSSR count). The van der Waals surface area contributed by atoms with E-state index >= 15 is 0 Å². The molecule has 0 saturated heterocycles. The Morgan fingerprint density at radius 1 is 0.962 bits per heavy atom. The Kier molecular flexibility index (Phi) is 4.17. The van der Waals surface area contributed by atoms with Crippen molar-refractivity contribution in [1.29, 1.82) is 0 Å². The normalized spacial score (nSPS) is 12.4. The number of Topliss-reactive ketones (excluding diaryl/α,β-unsaturated/α-hetero) is 1. The number of carbonyl (C=O) groups excluding carboxylic acids is 1. The van der Waals surface area contributed by atoms with E-state index in [1.807, 2.05) is 61.5 Å². The summed E-state index contributed by atoms with van der Waals surface area (Å²) in [7, 11) is 0. The second-order valence-corrected chi connectivity index (χ2v) is 6.79. The smallest absolute Gasteiger partial charge is 0.205 e. The first kappa shape index (κ1) is 16.7. The molecule has 0 unspecified atom stereocenters. The van der Waals surface area contributed by atoms with Gasteiger partial charge in [0, 0.05) is 38.0 Å². The molecule has 4 heteroatoms.